The van der Waals surface area contributed by atoms with Crippen LogP contribution in [-0.2, 0) is 9.53 Å². The Morgan fingerprint density at radius 2 is 2.07 bits per heavy atom. The summed E-state index contributed by atoms with van der Waals surface area (Å²) >= 11 is 0. The highest BCUT2D eigenvalue weighted by atomic mass is 16.5. The quantitative estimate of drug-likeness (QED) is 0.693. The van der Waals surface area contributed by atoms with Gasteiger partial charge in [-0.25, -0.2) is 0 Å². The SMILES string of the molecule is O=C1CCC2(CCCC(CO)O2)CC1. The van der Waals surface area contributed by atoms with Crippen molar-refractivity contribution in [3.05, 3.63) is 0 Å². The minimum absolute atomic E-state index is 0.0111. The molecule has 0 aromatic carbocycles. The smallest absolute Gasteiger partial charge is 0.133 e. The first-order chi connectivity index (χ1) is 6.74. The maximum absolute atomic E-state index is 11.1. The van der Waals surface area contributed by atoms with E-state index < -0.39 is 0 Å². The van der Waals surface area contributed by atoms with Gasteiger partial charge in [-0.2, -0.15) is 0 Å². The summed E-state index contributed by atoms with van der Waals surface area (Å²) in [4.78, 5) is 11.1. The molecule has 1 spiro atoms. The number of rotatable bonds is 1. The summed E-state index contributed by atoms with van der Waals surface area (Å²) < 4.78 is 5.91. The number of aliphatic hydroxyl groups is 1. The lowest BCUT2D eigenvalue weighted by Crippen LogP contribution is -2.44. The van der Waals surface area contributed by atoms with Gasteiger partial charge in [-0.3, -0.25) is 4.79 Å². The van der Waals surface area contributed by atoms with Crippen molar-refractivity contribution in [2.24, 2.45) is 0 Å². The van der Waals surface area contributed by atoms with Gasteiger partial charge in [0.15, 0.2) is 0 Å². The molecule has 3 heteroatoms. The number of carbonyl (C=O) groups excluding carboxylic acids is 1. The van der Waals surface area contributed by atoms with Crippen LogP contribution in [0.4, 0.5) is 0 Å². The molecule has 0 bridgehead atoms. The van der Waals surface area contributed by atoms with E-state index in [1.54, 1.807) is 0 Å². The van der Waals surface area contributed by atoms with E-state index in [1.165, 1.54) is 0 Å². The summed E-state index contributed by atoms with van der Waals surface area (Å²) in [6, 6.07) is 0. The first kappa shape index (κ1) is 10.1. The standard InChI is InChI=1S/C11H18O3/c12-8-10-2-1-5-11(14-10)6-3-9(13)4-7-11/h10,12H,1-8H2. The van der Waals surface area contributed by atoms with Gasteiger partial charge in [-0.05, 0) is 32.1 Å². The molecule has 14 heavy (non-hydrogen) atoms. The highest BCUT2D eigenvalue weighted by Crippen LogP contribution is 2.39. The van der Waals surface area contributed by atoms with Gasteiger partial charge in [0.2, 0.25) is 0 Å². The summed E-state index contributed by atoms with van der Waals surface area (Å²) in [5.41, 5.74) is -0.0699. The Labute approximate surface area is 84.4 Å². The number of Topliss-reactive ketones (excluding diaryl/α,β-unsaturated/α-hetero) is 1. The highest BCUT2D eigenvalue weighted by molar-refractivity contribution is 5.79. The number of ketones is 1. The first-order valence-corrected chi connectivity index (χ1v) is 5.54. The van der Waals surface area contributed by atoms with Crippen LogP contribution in [0, 0.1) is 0 Å². The zero-order valence-electron chi connectivity index (χ0n) is 8.50. The Kier molecular flexibility index (Phi) is 2.88. The van der Waals surface area contributed by atoms with Crippen LogP contribution in [0.2, 0.25) is 0 Å². The van der Waals surface area contributed by atoms with E-state index in [1.807, 2.05) is 0 Å². The van der Waals surface area contributed by atoms with Gasteiger partial charge in [-0.15, -0.1) is 0 Å². The van der Waals surface area contributed by atoms with Gasteiger partial charge >= 0.3 is 0 Å². The van der Waals surface area contributed by atoms with Gasteiger partial charge in [-0.1, -0.05) is 0 Å². The molecule has 1 atom stereocenters. The molecule has 2 fully saturated rings. The number of carbonyl (C=O) groups is 1. The summed E-state index contributed by atoms with van der Waals surface area (Å²) in [6.45, 7) is 0.121. The Hall–Kier alpha value is -0.410. The molecule has 2 aliphatic rings. The van der Waals surface area contributed by atoms with Crippen LogP contribution in [0.25, 0.3) is 0 Å². The van der Waals surface area contributed by atoms with Gasteiger partial charge in [0.1, 0.15) is 5.78 Å². The molecule has 0 amide bonds. The fraction of sp³-hybridized carbons (Fsp3) is 0.909. The zero-order chi connectivity index (χ0) is 10.0. The maximum Gasteiger partial charge on any atom is 0.133 e. The summed E-state index contributed by atoms with van der Waals surface area (Å²) in [6.07, 6.45) is 6.22. The lowest BCUT2D eigenvalue weighted by Gasteiger charge is -2.43. The van der Waals surface area contributed by atoms with Crippen molar-refractivity contribution in [2.75, 3.05) is 6.61 Å². The van der Waals surface area contributed by atoms with E-state index in [0.29, 0.717) is 18.6 Å². The van der Waals surface area contributed by atoms with Gasteiger partial charge in [0, 0.05) is 12.8 Å². The largest absolute Gasteiger partial charge is 0.394 e. The molecule has 80 valence electrons. The number of ether oxygens (including phenoxy) is 1. The number of aliphatic hydroxyl groups excluding tert-OH is 1. The second-order valence-electron chi connectivity index (χ2n) is 4.54. The second kappa shape index (κ2) is 3.99. The molecule has 0 aromatic heterocycles. The fourth-order valence-electron chi connectivity index (χ4n) is 2.60. The normalized spacial score (nSPS) is 32.1. The summed E-state index contributed by atoms with van der Waals surface area (Å²) in [5, 5.41) is 9.07. The molecule has 1 saturated heterocycles. The minimum atomic E-state index is -0.0699. The highest BCUT2D eigenvalue weighted by Gasteiger charge is 2.39. The van der Waals surface area contributed by atoms with E-state index in [9.17, 15) is 4.79 Å². The molecule has 1 aliphatic carbocycles. The topological polar surface area (TPSA) is 46.5 Å². The number of hydrogen-bond acceptors (Lipinski definition) is 3. The van der Waals surface area contributed by atoms with Crippen LogP contribution in [0.1, 0.15) is 44.9 Å². The lowest BCUT2D eigenvalue weighted by molar-refractivity contribution is -0.162. The predicted molar refractivity (Wildman–Crippen MR) is 52.0 cm³/mol. The second-order valence-corrected chi connectivity index (χ2v) is 4.54. The zero-order valence-corrected chi connectivity index (χ0v) is 8.50. The van der Waals surface area contributed by atoms with Gasteiger partial charge in [0.25, 0.3) is 0 Å². The average molecular weight is 198 g/mol. The van der Waals surface area contributed by atoms with Crippen molar-refractivity contribution < 1.29 is 14.6 Å². The fourth-order valence-corrected chi connectivity index (χ4v) is 2.60. The van der Waals surface area contributed by atoms with Gasteiger partial charge < -0.3 is 9.84 Å². The van der Waals surface area contributed by atoms with Crippen LogP contribution in [0.5, 0.6) is 0 Å². The Balaban J connectivity index is 1.97. The molecule has 3 nitrogen and oxygen atoms in total. The Morgan fingerprint density at radius 3 is 2.71 bits per heavy atom. The molecule has 1 unspecified atom stereocenters. The summed E-state index contributed by atoms with van der Waals surface area (Å²) in [5.74, 6) is 0.366. The molecule has 2 rings (SSSR count). The molecular weight excluding hydrogens is 180 g/mol. The van der Waals surface area contributed by atoms with E-state index in [0.717, 1.165) is 32.1 Å². The molecule has 0 aromatic rings. The Bertz CT molecular complexity index is 215. The van der Waals surface area contributed by atoms with Crippen molar-refractivity contribution in [3.8, 4) is 0 Å². The van der Waals surface area contributed by atoms with E-state index in [-0.39, 0.29) is 18.3 Å². The predicted octanol–water partition coefficient (Wildman–Crippen LogP) is 1.43. The molecular formula is C11H18O3. The van der Waals surface area contributed by atoms with Gasteiger partial charge in [0.05, 0.1) is 18.3 Å². The van der Waals surface area contributed by atoms with Crippen LogP contribution in [0.15, 0.2) is 0 Å². The molecule has 1 N–H and O–H groups in total. The van der Waals surface area contributed by atoms with Crippen molar-refractivity contribution in [2.45, 2.75) is 56.7 Å². The third-order valence-corrected chi connectivity index (χ3v) is 3.50. The molecule has 1 aliphatic heterocycles. The molecule has 1 heterocycles. The monoisotopic (exact) mass is 198 g/mol. The van der Waals surface area contributed by atoms with Crippen LogP contribution in [0.3, 0.4) is 0 Å². The van der Waals surface area contributed by atoms with Crippen LogP contribution < -0.4 is 0 Å². The van der Waals surface area contributed by atoms with Crippen LogP contribution in [-0.4, -0.2) is 29.2 Å². The minimum Gasteiger partial charge on any atom is -0.394 e. The number of hydrogen-bond donors (Lipinski definition) is 1. The third-order valence-electron chi connectivity index (χ3n) is 3.50. The molecule has 0 radical (unpaired) electrons. The molecule has 1 saturated carbocycles. The Morgan fingerprint density at radius 1 is 1.36 bits per heavy atom. The summed E-state index contributed by atoms with van der Waals surface area (Å²) in [7, 11) is 0. The van der Waals surface area contributed by atoms with Crippen LogP contribution >= 0.6 is 0 Å². The maximum atomic E-state index is 11.1. The lowest BCUT2D eigenvalue weighted by atomic mass is 9.78. The third kappa shape index (κ3) is 1.98. The van der Waals surface area contributed by atoms with E-state index in [2.05, 4.69) is 0 Å². The average Bonchev–Trinajstić information content (AvgIpc) is 2.23. The van der Waals surface area contributed by atoms with Crippen molar-refractivity contribution in [1.82, 2.24) is 0 Å². The van der Waals surface area contributed by atoms with E-state index in [4.69, 9.17) is 9.84 Å². The van der Waals surface area contributed by atoms with Crippen molar-refractivity contribution in [3.63, 3.8) is 0 Å². The van der Waals surface area contributed by atoms with Crippen molar-refractivity contribution in [1.29, 1.82) is 0 Å². The van der Waals surface area contributed by atoms with Crippen molar-refractivity contribution >= 4 is 5.78 Å². The van der Waals surface area contributed by atoms with E-state index >= 15 is 0 Å². The first-order valence-electron chi connectivity index (χ1n) is 5.54.